The van der Waals surface area contributed by atoms with Gasteiger partial charge in [0.15, 0.2) is 0 Å². The first-order valence-corrected chi connectivity index (χ1v) is 12.1. The maximum Gasteiger partial charge on any atom is 0.319 e. The number of hydrogen-bond acceptors (Lipinski definition) is 2. The van der Waals surface area contributed by atoms with Crippen molar-refractivity contribution in [2.75, 3.05) is 18.4 Å². The van der Waals surface area contributed by atoms with E-state index in [9.17, 15) is 4.79 Å². The van der Waals surface area contributed by atoms with Gasteiger partial charge in [0.1, 0.15) is 0 Å². The second-order valence-electron chi connectivity index (χ2n) is 8.52. The third kappa shape index (κ3) is 5.77. The monoisotopic (exact) mass is 489 g/mol. The summed E-state index contributed by atoms with van der Waals surface area (Å²) in [5, 5.41) is 6.99. The molecule has 1 aliphatic heterocycles. The van der Waals surface area contributed by atoms with Crippen LogP contribution >= 0.6 is 27.5 Å². The first-order valence-electron chi connectivity index (χ1n) is 10.9. The number of anilines is 1. The Morgan fingerprint density at radius 1 is 1.00 bits per heavy atom. The number of carbonyl (C=O) groups is 1. The summed E-state index contributed by atoms with van der Waals surface area (Å²) in [6, 6.07) is 16.5. The zero-order chi connectivity index (χ0) is 20.9. The first kappa shape index (κ1) is 21.7. The number of amides is 2. The average Bonchev–Trinajstić information content (AvgIpc) is 3.20. The van der Waals surface area contributed by atoms with Crippen LogP contribution in [0.3, 0.4) is 0 Å². The molecule has 2 amide bonds. The summed E-state index contributed by atoms with van der Waals surface area (Å²) in [5.74, 6) is 0.732. The molecular weight excluding hydrogens is 462 g/mol. The van der Waals surface area contributed by atoms with Gasteiger partial charge in [-0.2, -0.15) is 0 Å². The molecule has 0 aromatic heterocycles. The van der Waals surface area contributed by atoms with Crippen molar-refractivity contribution in [3.8, 4) is 0 Å². The van der Waals surface area contributed by atoms with E-state index in [1.165, 1.54) is 31.2 Å². The van der Waals surface area contributed by atoms with Gasteiger partial charge in [-0.15, -0.1) is 0 Å². The van der Waals surface area contributed by atoms with Crippen LogP contribution in [0.5, 0.6) is 0 Å². The number of likely N-dealkylation sites (tertiary alicyclic amines) is 1. The van der Waals surface area contributed by atoms with E-state index >= 15 is 0 Å². The van der Waals surface area contributed by atoms with E-state index in [1.54, 1.807) is 0 Å². The van der Waals surface area contributed by atoms with Crippen molar-refractivity contribution in [2.24, 2.45) is 5.92 Å². The molecule has 4 rings (SSSR count). The average molecular weight is 491 g/mol. The van der Waals surface area contributed by atoms with Crippen LogP contribution < -0.4 is 10.6 Å². The minimum atomic E-state index is -0.105. The van der Waals surface area contributed by atoms with Crippen molar-refractivity contribution in [2.45, 2.75) is 50.6 Å². The van der Waals surface area contributed by atoms with Gasteiger partial charge in [0.05, 0.1) is 0 Å². The van der Waals surface area contributed by atoms with E-state index < -0.39 is 0 Å². The molecule has 2 N–H and O–H groups in total. The highest BCUT2D eigenvalue weighted by Crippen LogP contribution is 2.30. The van der Waals surface area contributed by atoms with Gasteiger partial charge in [-0.25, -0.2) is 4.79 Å². The molecule has 1 saturated heterocycles. The Hall–Kier alpha value is -1.56. The molecule has 4 nitrogen and oxygen atoms in total. The molecule has 30 heavy (non-hydrogen) atoms. The number of nitrogens with one attached hydrogen (secondary N) is 2. The van der Waals surface area contributed by atoms with E-state index in [4.69, 9.17) is 11.6 Å². The lowest BCUT2D eigenvalue weighted by molar-refractivity contribution is 0.119. The van der Waals surface area contributed by atoms with Crippen LogP contribution in [0, 0.1) is 5.92 Å². The zero-order valence-electron chi connectivity index (χ0n) is 17.1. The number of carbonyl (C=O) groups excluding carboxylic acids is 1. The summed E-state index contributed by atoms with van der Waals surface area (Å²) in [6.07, 6.45) is 6.98. The van der Waals surface area contributed by atoms with Crippen LogP contribution in [0.25, 0.3) is 0 Å². The molecule has 0 radical (unpaired) electrons. The molecule has 2 aromatic carbocycles. The molecular formula is C24H29BrClN3O. The predicted octanol–water partition coefficient (Wildman–Crippen LogP) is 6.10. The third-order valence-electron chi connectivity index (χ3n) is 6.45. The summed E-state index contributed by atoms with van der Waals surface area (Å²) < 4.78 is 1.00. The summed E-state index contributed by atoms with van der Waals surface area (Å²) in [6.45, 7) is 2.24. The summed E-state index contributed by atoms with van der Waals surface area (Å²) in [5.41, 5.74) is 2.19. The number of piperidine rings is 1. The molecule has 1 aliphatic carbocycles. The highest BCUT2D eigenvalue weighted by atomic mass is 79.9. The van der Waals surface area contributed by atoms with E-state index in [-0.39, 0.29) is 12.1 Å². The first-order chi connectivity index (χ1) is 14.6. The fraction of sp³-hybridized carbons (Fsp3) is 0.458. The van der Waals surface area contributed by atoms with Gasteiger partial charge in [-0.1, -0.05) is 39.7 Å². The van der Waals surface area contributed by atoms with Crippen LogP contribution in [0.4, 0.5) is 10.5 Å². The number of halogens is 2. The Morgan fingerprint density at radius 2 is 1.70 bits per heavy atom. The number of nitrogens with zero attached hydrogens (tertiary/aromatic N) is 1. The smallest absolute Gasteiger partial charge is 0.319 e. The fourth-order valence-electron chi connectivity index (χ4n) is 4.86. The van der Waals surface area contributed by atoms with Gasteiger partial charge in [0, 0.05) is 27.3 Å². The number of hydrogen-bond donors (Lipinski definition) is 2. The normalized spacial score (nSPS) is 22.7. The molecule has 0 bridgehead atoms. The molecule has 2 atom stereocenters. The second-order valence-corrected chi connectivity index (χ2v) is 9.87. The minimum absolute atomic E-state index is 0.105. The molecule has 2 fully saturated rings. The number of rotatable bonds is 5. The Morgan fingerprint density at radius 3 is 2.40 bits per heavy atom. The quantitative estimate of drug-likeness (QED) is 0.532. The summed E-state index contributed by atoms with van der Waals surface area (Å²) in [7, 11) is 0. The Labute approximate surface area is 192 Å². The summed E-state index contributed by atoms with van der Waals surface area (Å²) >= 11 is 9.43. The Bertz CT molecular complexity index is 835. The Balaban J connectivity index is 1.26. The minimum Gasteiger partial charge on any atom is -0.334 e. The molecule has 2 aliphatic rings. The van der Waals surface area contributed by atoms with E-state index in [0.717, 1.165) is 47.0 Å². The maximum absolute atomic E-state index is 12.5. The van der Waals surface area contributed by atoms with Crippen molar-refractivity contribution in [3.63, 3.8) is 0 Å². The highest BCUT2D eigenvalue weighted by Gasteiger charge is 2.35. The zero-order valence-corrected chi connectivity index (χ0v) is 19.5. The van der Waals surface area contributed by atoms with Crippen molar-refractivity contribution < 1.29 is 4.79 Å². The highest BCUT2D eigenvalue weighted by molar-refractivity contribution is 9.10. The second kappa shape index (κ2) is 10.2. The predicted molar refractivity (Wildman–Crippen MR) is 127 cm³/mol. The van der Waals surface area contributed by atoms with Crippen molar-refractivity contribution in [1.82, 2.24) is 10.2 Å². The van der Waals surface area contributed by atoms with Crippen LogP contribution in [0.15, 0.2) is 53.0 Å². The molecule has 2 aromatic rings. The van der Waals surface area contributed by atoms with Gasteiger partial charge in [-0.3, -0.25) is 4.90 Å². The van der Waals surface area contributed by atoms with Gasteiger partial charge < -0.3 is 10.6 Å². The SMILES string of the molecule is O=C(Nc1ccc(Br)cc1)NC1CCCC1N1CCC(Cc2ccc(Cl)cc2)CC1. The number of benzene rings is 2. The van der Waals surface area contributed by atoms with Crippen LogP contribution in [0.1, 0.15) is 37.7 Å². The molecule has 2 unspecified atom stereocenters. The van der Waals surface area contributed by atoms with Crippen molar-refractivity contribution >= 4 is 39.2 Å². The largest absolute Gasteiger partial charge is 0.334 e. The van der Waals surface area contributed by atoms with E-state index in [2.05, 4.69) is 43.6 Å². The fourth-order valence-corrected chi connectivity index (χ4v) is 5.25. The molecule has 1 heterocycles. The van der Waals surface area contributed by atoms with E-state index in [0.29, 0.717) is 6.04 Å². The standard InChI is InChI=1S/C24H29BrClN3O/c25-19-6-10-21(11-7-19)27-24(30)28-22-2-1-3-23(22)29-14-12-18(13-15-29)16-17-4-8-20(26)9-5-17/h4-11,18,22-23H,1-3,12-16H2,(H2,27,28,30). The van der Waals surface area contributed by atoms with Crippen molar-refractivity contribution in [3.05, 3.63) is 63.6 Å². The van der Waals surface area contributed by atoms with Crippen LogP contribution in [-0.2, 0) is 6.42 Å². The van der Waals surface area contributed by atoms with Crippen molar-refractivity contribution in [1.29, 1.82) is 0 Å². The number of urea groups is 1. The van der Waals surface area contributed by atoms with Gasteiger partial charge in [0.2, 0.25) is 0 Å². The van der Waals surface area contributed by atoms with Gasteiger partial charge >= 0.3 is 6.03 Å². The molecule has 6 heteroatoms. The molecule has 1 saturated carbocycles. The summed E-state index contributed by atoms with van der Waals surface area (Å²) in [4.78, 5) is 15.1. The molecule has 160 valence electrons. The van der Waals surface area contributed by atoms with Gasteiger partial charge in [-0.05, 0) is 99.5 Å². The van der Waals surface area contributed by atoms with E-state index in [1.807, 2.05) is 36.4 Å². The van der Waals surface area contributed by atoms with Crippen LogP contribution in [0.2, 0.25) is 5.02 Å². The maximum atomic E-state index is 12.5. The lowest BCUT2D eigenvalue weighted by Crippen LogP contribution is -2.52. The Kier molecular flexibility index (Phi) is 7.34. The van der Waals surface area contributed by atoms with Crippen LogP contribution in [-0.4, -0.2) is 36.1 Å². The lowest BCUT2D eigenvalue weighted by Gasteiger charge is -2.38. The third-order valence-corrected chi connectivity index (χ3v) is 7.23. The lowest BCUT2D eigenvalue weighted by atomic mass is 9.89. The van der Waals surface area contributed by atoms with Gasteiger partial charge in [0.25, 0.3) is 0 Å². The molecule has 0 spiro atoms. The topological polar surface area (TPSA) is 44.4 Å².